The fourth-order valence-corrected chi connectivity index (χ4v) is 4.39. The molecule has 0 spiro atoms. The number of hydrogen-bond donors (Lipinski definition) is 2. The minimum Gasteiger partial charge on any atom is -0.497 e. The molecule has 0 fully saturated rings. The Morgan fingerprint density at radius 2 is 1.67 bits per heavy atom. The van der Waals surface area contributed by atoms with E-state index in [4.69, 9.17) is 14.2 Å². The van der Waals surface area contributed by atoms with Crippen LogP contribution in [0.1, 0.15) is 28.4 Å². The van der Waals surface area contributed by atoms with Crippen LogP contribution in [-0.2, 0) is 11.2 Å². The van der Waals surface area contributed by atoms with E-state index in [2.05, 4.69) is 20.7 Å². The number of nitrogens with one attached hydrogen (secondary N) is 2. The molecule has 1 aromatic heterocycles. The monoisotopic (exact) mass is 569 g/mol. The van der Waals surface area contributed by atoms with E-state index in [1.807, 2.05) is 74.5 Å². The van der Waals surface area contributed by atoms with Crippen LogP contribution < -0.4 is 25.0 Å². The molecule has 0 aliphatic carbocycles. The number of aryl methyl sites for hydroxylation is 1. The molecule has 3 aromatic carbocycles. The number of benzene rings is 3. The van der Waals surface area contributed by atoms with Gasteiger partial charge in [0, 0.05) is 24.7 Å². The molecule has 10 heteroatoms. The topological polar surface area (TPSA) is 115 Å². The number of rotatable bonds is 12. The average molecular weight is 570 g/mol. The van der Waals surface area contributed by atoms with Crippen molar-refractivity contribution in [2.24, 2.45) is 0 Å². The molecule has 218 valence electrons. The van der Waals surface area contributed by atoms with Gasteiger partial charge in [-0.2, -0.15) is 4.98 Å². The van der Waals surface area contributed by atoms with Crippen LogP contribution in [-0.4, -0.2) is 60.7 Å². The highest BCUT2D eigenvalue weighted by atomic mass is 16.5. The highest BCUT2D eigenvalue weighted by molar-refractivity contribution is 5.98. The predicted molar refractivity (Wildman–Crippen MR) is 161 cm³/mol. The first-order valence-corrected chi connectivity index (χ1v) is 13.5. The Hall–Kier alpha value is -5.12. The molecule has 1 atom stereocenters. The van der Waals surface area contributed by atoms with Crippen LogP contribution in [0.5, 0.6) is 17.6 Å². The Balaban J connectivity index is 1.58. The number of hydrazine groups is 1. The summed E-state index contributed by atoms with van der Waals surface area (Å²) in [6.45, 7) is 4.16. The molecule has 0 radical (unpaired) electrons. The summed E-state index contributed by atoms with van der Waals surface area (Å²) in [5.41, 5.74) is 7.71. The van der Waals surface area contributed by atoms with Crippen LogP contribution >= 0.6 is 0 Å². The molecular weight excluding hydrogens is 534 g/mol. The van der Waals surface area contributed by atoms with Crippen LogP contribution in [0.2, 0.25) is 0 Å². The van der Waals surface area contributed by atoms with E-state index in [0.717, 1.165) is 22.4 Å². The van der Waals surface area contributed by atoms with Gasteiger partial charge in [-0.05, 0) is 61.4 Å². The Kier molecular flexibility index (Phi) is 9.94. The van der Waals surface area contributed by atoms with E-state index in [-0.39, 0.29) is 24.2 Å². The maximum absolute atomic E-state index is 13.9. The van der Waals surface area contributed by atoms with E-state index in [9.17, 15) is 9.59 Å². The van der Waals surface area contributed by atoms with Crippen molar-refractivity contribution in [3.63, 3.8) is 0 Å². The van der Waals surface area contributed by atoms with Crippen molar-refractivity contribution in [2.75, 3.05) is 33.3 Å². The summed E-state index contributed by atoms with van der Waals surface area (Å²) >= 11 is 0. The maximum Gasteiger partial charge on any atom is 0.319 e. The zero-order chi connectivity index (χ0) is 30.1. The van der Waals surface area contributed by atoms with Gasteiger partial charge in [0.05, 0.1) is 32.6 Å². The Morgan fingerprint density at radius 3 is 2.29 bits per heavy atom. The molecule has 2 N–H and O–H groups in total. The summed E-state index contributed by atoms with van der Waals surface area (Å²) in [6.07, 6.45) is 1.91. The Morgan fingerprint density at radius 1 is 0.929 bits per heavy atom. The largest absolute Gasteiger partial charge is 0.497 e. The van der Waals surface area contributed by atoms with Gasteiger partial charge in [-0.15, -0.1) is 0 Å². The van der Waals surface area contributed by atoms with Crippen molar-refractivity contribution >= 4 is 17.5 Å². The van der Waals surface area contributed by atoms with Gasteiger partial charge in [-0.3, -0.25) is 20.0 Å². The predicted octanol–water partition coefficient (Wildman–Crippen LogP) is 4.69. The molecule has 4 rings (SSSR count). The molecule has 0 saturated carbocycles. The second kappa shape index (κ2) is 14.0. The van der Waals surface area contributed by atoms with Crippen molar-refractivity contribution in [3.8, 4) is 28.8 Å². The summed E-state index contributed by atoms with van der Waals surface area (Å²) in [6, 6.07) is 21.5. The fraction of sp³-hybridized carbons (Fsp3) is 0.250. The minimum absolute atomic E-state index is 0.210. The van der Waals surface area contributed by atoms with Gasteiger partial charge in [-0.25, -0.2) is 4.98 Å². The van der Waals surface area contributed by atoms with Gasteiger partial charge < -0.3 is 19.5 Å². The second-order valence-electron chi connectivity index (χ2n) is 9.50. The molecule has 4 aromatic rings. The number of ether oxygens (including phenoxy) is 3. The normalized spacial score (nSPS) is 11.3. The summed E-state index contributed by atoms with van der Waals surface area (Å²) in [4.78, 5) is 35.5. The van der Waals surface area contributed by atoms with E-state index in [0.29, 0.717) is 29.3 Å². The molecular formula is C32H35N5O5. The molecule has 0 aliphatic heterocycles. The summed E-state index contributed by atoms with van der Waals surface area (Å²) < 4.78 is 15.7. The zero-order valence-corrected chi connectivity index (χ0v) is 24.4. The van der Waals surface area contributed by atoms with Crippen molar-refractivity contribution < 1.29 is 23.8 Å². The molecule has 42 heavy (non-hydrogen) atoms. The minimum atomic E-state index is -0.839. The first-order valence-electron chi connectivity index (χ1n) is 13.5. The molecule has 1 unspecified atom stereocenters. The standard InChI is InChI=1S/C32H35N5O5/c1-6-37(36-25-14-16-26(40-3)17-15-25)31(39)28(34-29(38)24-9-7-8-21(2)18-24)19-22-10-12-23(13-11-22)27-20-33-32(42-5)35-30(27)41-4/h7-18,20,28,36H,6,19H2,1-5H3,(H,34,38). The molecule has 0 bridgehead atoms. The number of amides is 2. The highest BCUT2D eigenvalue weighted by Crippen LogP contribution is 2.29. The number of hydrogen-bond acceptors (Lipinski definition) is 8. The Labute approximate surface area is 245 Å². The number of anilines is 1. The molecule has 0 saturated heterocycles. The lowest BCUT2D eigenvalue weighted by molar-refractivity contribution is -0.131. The quantitative estimate of drug-likeness (QED) is 0.236. The van der Waals surface area contributed by atoms with Crippen LogP contribution in [0.4, 0.5) is 5.69 Å². The van der Waals surface area contributed by atoms with Gasteiger partial charge in [0.25, 0.3) is 11.8 Å². The average Bonchev–Trinajstić information content (AvgIpc) is 3.03. The van der Waals surface area contributed by atoms with Gasteiger partial charge in [0.15, 0.2) is 0 Å². The lowest BCUT2D eigenvalue weighted by Crippen LogP contribution is -2.51. The van der Waals surface area contributed by atoms with Crippen LogP contribution in [0, 0.1) is 6.92 Å². The van der Waals surface area contributed by atoms with Crippen molar-refractivity contribution in [1.82, 2.24) is 20.3 Å². The lowest BCUT2D eigenvalue weighted by Gasteiger charge is -2.28. The van der Waals surface area contributed by atoms with E-state index < -0.39 is 6.04 Å². The van der Waals surface area contributed by atoms with Gasteiger partial charge in [0.2, 0.25) is 5.88 Å². The molecule has 0 aliphatic rings. The van der Waals surface area contributed by atoms with Crippen LogP contribution in [0.25, 0.3) is 11.1 Å². The highest BCUT2D eigenvalue weighted by Gasteiger charge is 2.27. The fourth-order valence-electron chi connectivity index (χ4n) is 4.39. The second-order valence-corrected chi connectivity index (χ2v) is 9.50. The van der Waals surface area contributed by atoms with E-state index in [1.54, 1.807) is 25.4 Å². The third-order valence-corrected chi connectivity index (χ3v) is 6.63. The lowest BCUT2D eigenvalue weighted by atomic mass is 10.0. The van der Waals surface area contributed by atoms with Crippen molar-refractivity contribution in [1.29, 1.82) is 0 Å². The number of aromatic nitrogens is 2. The summed E-state index contributed by atoms with van der Waals surface area (Å²) in [5.74, 6) is 0.495. The Bertz CT molecular complexity index is 1510. The third kappa shape index (κ3) is 7.34. The maximum atomic E-state index is 13.9. The van der Waals surface area contributed by atoms with Gasteiger partial charge in [-0.1, -0.05) is 42.0 Å². The SMILES string of the molecule is CCN(Nc1ccc(OC)cc1)C(=O)C(Cc1ccc(-c2cnc(OC)nc2OC)cc1)NC(=O)c1cccc(C)c1. The molecule has 2 amide bonds. The summed E-state index contributed by atoms with van der Waals surface area (Å²) in [7, 11) is 4.62. The number of likely N-dealkylation sites (N-methyl/N-ethyl adjacent to an activating group) is 1. The van der Waals surface area contributed by atoms with Gasteiger partial charge in [0.1, 0.15) is 11.8 Å². The van der Waals surface area contributed by atoms with Crippen LogP contribution in [0.3, 0.4) is 0 Å². The third-order valence-electron chi connectivity index (χ3n) is 6.63. The zero-order valence-electron chi connectivity index (χ0n) is 24.4. The number of methoxy groups -OCH3 is 3. The van der Waals surface area contributed by atoms with Crippen LogP contribution in [0.15, 0.2) is 79.0 Å². The van der Waals surface area contributed by atoms with E-state index >= 15 is 0 Å². The van der Waals surface area contributed by atoms with E-state index in [1.165, 1.54) is 19.2 Å². The van der Waals surface area contributed by atoms with Gasteiger partial charge >= 0.3 is 6.01 Å². The number of carbonyl (C=O) groups excluding carboxylic acids is 2. The molecule has 1 heterocycles. The summed E-state index contributed by atoms with van der Waals surface area (Å²) in [5, 5.41) is 4.46. The molecule has 10 nitrogen and oxygen atoms in total. The number of carbonyl (C=O) groups is 2. The van der Waals surface area contributed by atoms with Crippen molar-refractivity contribution in [2.45, 2.75) is 26.3 Å². The first kappa shape index (κ1) is 29.9. The number of nitrogens with zero attached hydrogens (tertiary/aromatic N) is 3. The first-order chi connectivity index (χ1) is 20.3. The smallest absolute Gasteiger partial charge is 0.319 e. The van der Waals surface area contributed by atoms with Crippen molar-refractivity contribution in [3.05, 3.63) is 95.7 Å².